The van der Waals surface area contributed by atoms with Crippen molar-refractivity contribution in [1.82, 2.24) is 0 Å². The highest BCUT2D eigenvalue weighted by Gasteiger charge is 2.33. The van der Waals surface area contributed by atoms with Gasteiger partial charge in [0.15, 0.2) is 0 Å². The van der Waals surface area contributed by atoms with Crippen LogP contribution in [0.5, 0.6) is 5.75 Å². The van der Waals surface area contributed by atoms with Crippen LogP contribution in [0.25, 0.3) is 10.4 Å². The molecule has 0 fully saturated rings. The van der Waals surface area contributed by atoms with Crippen LogP contribution < -0.4 is 0 Å². The van der Waals surface area contributed by atoms with Crippen molar-refractivity contribution < 1.29 is 18.3 Å². The Bertz CT molecular complexity index is 396. The Kier molecular flexibility index (Phi) is 2.53. The van der Waals surface area contributed by atoms with Gasteiger partial charge in [-0.2, -0.15) is 13.2 Å². The molecule has 1 rings (SSSR count). The third-order valence-corrected chi connectivity index (χ3v) is 1.45. The van der Waals surface area contributed by atoms with Gasteiger partial charge in [0.05, 0.1) is 5.56 Å². The van der Waals surface area contributed by atoms with E-state index in [2.05, 4.69) is 10.0 Å². The van der Waals surface area contributed by atoms with Crippen molar-refractivity contribution in [2.75, 3.05) is 0 Å². The predicted molar refractivity (Wildman–Crippen MR) is 41.9 cm³/mol. The van der Waals surface area contributed by atoms with E-state index in [9.17, 15) is 13.2 Å². The summed E-state index contributed by atoms with van der Waals surface area (Å²) >= 11 is 0. The van der Waals surface area contributed by atoms with Crippen molar-refractivity contribution in [2.24, 2.45) is 5.11 Å². The van der Waals surface area contributed by atoms with Gasteiger partial charge in [0.25, 0.3) is 0 Å². The van der Waals surface area contributed by atoms with E-state index in [-0.39, 0.29) is 5.69 Å². The summed E-state index contributed by atoms with van der Waals surface area (Å²) < 4.78 is 36.3. The summed E-state index contributed by atoms with van der Waals surface area (Å²) in [6.07, 6.45) is -4.61. The molecule has 0 aliphatic carbocycles. The number of rotatable bonds is 1. The van der Waals surface area contributed by atoms with Gasteiger partial charge >= 0.3 is 6.18 Å². The van der Waals surface area contributed by atoms with E-state index < -0.39 is 17.5 Å². The van der Waals surface area contributed by atoms with Crippen LogP contribution in [0.4, 0.5) is 18.9 Å². The number of phenolic OH excluding ortho intramolecular Hbond substituents is 1. The summed E-state index contributed by atoms with van der Waals surface area (Å²) in [6.45, 7) is 0. The second kappa shape index (κ2) is 3.47. The maximum Gasteiger partial charge on any atom is 0.419 e. The van der Waals surface area contributed by atoms with Crippen molar-refractivity contribution in [2.45, 2.75) is 6.18 Å². The molecule has 1 aromatic rings. The number of azide groups is 1. The second-order valence-electron chi connectivity index (χ2n) is 2.39. The molecular weight excluding hydrogens is 199 g/mol. The number of halogens is 3. The van der Waals surface area contributed by atoms with E-state index in [4.69, 9.17) is 10.6 Å². The van der Waals surface area contributed by atoms with Gasteiger partial charge in [0.2, 0.25) is 0 Å². The summed E-state index contributed by atoms with van der Waals surface area (Å²) in [5.74, 6) is -0.956. The highest BCUT2D eigenvalue weighted by atomic mass is 19.4. The highest BCUT2D eigenvalue weighted by molar-refractivity contribution is 5.48. The zero-order valence-electron chi connectivity index (χ0n) is 6.65. The lowest BCUT2D eigenvalue weighted by molar-refractivity contribution is -0.138. The molecule has 0 spiro atoms. The zero-order chi connectivity index (χ0) is 10.8. The number of aromatic hydroxyl groups is 1. The molecule has 0 saturated carbocycles. The quantitative estimate of drug-likeness (QED) is 0.424. The fourth-order valence-corrected chi connectivity index (χ4v) is 0.874. The number of nitrogens with zero attached hydrogens (tertiary/aromatic N) is 3. The van der Waals surface area contributed by atoms with Gasteiger partial charge in [0, 0.05) is 10.6 Å². The van der Waals surface area contributed by atoms with Gasteiger partial charge < -0.3 is 5.11 Å². The Morgan fingerprint density at radius 2 is 2.00 bits per heavy atom. The molecule has 1 N–H and O–H groups in total. The molecule has 14 heavy (non-hydrogen) atoms. The molecule has 0 aliphatic heterocycles. The summed E-state index contributed by atoms with van der Waals surface area (Å²) in [5, 5.41) is 12.0. The summed E-state index contributed by atoms with van der Waals surface area (Å²) in [5.41, 5.74) is 6.76. The summed E-state index contributed by atoms with van der Waals surface area (Å²) in [4.78, 5) is 2.37. The second-order valence-corrected chi connectivity index (χ2v) is 2.39. The average Bonchev–Trinajstić information content (AvgIpc) is 2.02. The molecule has 0 atom stereocenters. The average molecular weight is 203 g/mol. The molecule has 74 valence electrons. The first-order valence-corrected chi connectivity index (χ1v) is 3.40. The third-order valence-electron chi connectivity index (χ3n) is 1.45. The first kappa shape index (κ1) is 10.2. The van der Waals surface area contributed by atoms with E-state index in [1.807, 2.05) is 0 Å². The molecule has 0 aromatic heterocycles. The SMILES string of the molecule is [N-]=[N+]=Nc1ccc(C(F)(F)F)c(O)c1. The molecule has 0 heterocycles. The summed E-state index contributed by atoms with van der Waals surface area (Å²) in [7, 11) is 0. The topological polar surface area (TPSA) is 69.0 Å². The van der Waals surface area contributed by atoms with Crippen LogP contribution >= 0.6 is 0 Å². The Labute approximate surface area is 76.2 Å². The molecule has 7 heteroatoms. The van der Waals surface area contributed by atoms with E-state index in [1.54, 1.807) is 0 Å². The number of phenols is 1. The molecule has 0 aliphatic rings. The molecule has 0 saturated heterocycles. The molecule has 1 aromatic carbocycles. The van der Waals surface area contributed by atoms with Gasteiger partial charge in [0.1, 0.15) is 5.75 Å². The van der Waals surface area contributed by atoms with Crippen LogP contribution in [0, 0.1) is 0 Å². The zero-order valence-corrected chi connectivity index (χ0v) is 6.65. The molecule has 4 nitrogen and oxygen atoms in total. The lowest BCUT2D eigenvalue weighted by Gasteiger charge is -2.08. The Morgan fingerprint density at radius 1 is 1.36 bits per heavy atom. The predicted octanol–water partition coefficient (Wildman–Crippen LogP) is 3.35. The standard InChI is InChI=1S/C7H4F3N3O/c8-7(9,10)5-2-1-4(12-13-11)3-6(5)14/h1-3,14H. The minimum Gasteiger partial charge on any atom is -0.507 e. The van der Waals surface area contributed by atoms with Crippen molar-refractivity contribution in [3.05, 3.63) is 34.2 Å². The van der Waals surface area contributed by atoms with Crippen LogP contribution in [-0.4, -0.2) is 5.11 Å². The van der Waals surface area contributed by atoms with E-state index in [0.717, 1.165) is 12.1 Å². The fourth-order valence-electron chi connectivity index (χ4n) is 0.874. The normalized spacial score (nSPS) is 10.8. The van der Waals surface area contributed by atoms with Crippen LogP contribution in [0.15, 0.2) is 23.3 Å². The Hall–Kier alpha value is -1.88. The van der Waals surface area contributed by atoms with Crippen molar-refractivity contribution in [1.29, 1.82) is 0 Å². The van der Waals surface area contributed by atoms with E-state index >= 15 is 0 Å². The third kappa shape index (κ3) is 2.08. The van der Waals surface area contributed by atoms with Crippen LogP contribution in [0.1, 0.15) is 5.56 Å². The van der Waals surface area contributed by atoms with Crippen molar-refractivity contribution >= 4 is 5.69 Å². The number of benzene rings is 1. The van der Waals surface area contributed by atoms with Gasteiger partial charge in [-0.15, -0.1) is 0 Å². The van der Waals surface area contributed by atoms with Crippen molar-refractivity contribution in [3.8, 4) is 5.75 Å². The van der Waals surface area contributed by atoms with E-state index in [0.29, 0.717) is 6.07 Å². The molecule has 0 amide bonds. The maximum absolute atomic E-state index is 12.1. The minimum absolute atomic E-state index is 0.0713. The van der Waals surface area contributed by atoms with Gasteiger partial charge in [-0.3, -0.25) is 0 Å². The van der Waals surface area contributed by atoms with E-state index in [1.165, 1.54) is 0 Å². The van der Waals surface area contributed by atoms with Crippen LogP contribution in [0.3, 0.4) is 0 Å². The lowest BCUT2D eigenvalue weighted by Crippen LogP contribution is -2.04. The molecule has 0 radical (unpaired) electrons. The van der Waals surface area contributed by atoms with Crippen LogP contribution in [0.2, 0.25) is 0 Å². The number of alkyl halides is 3. The highest BCUT2D eigenvalue weighted by Crippen LogP contribution is 2.37. The lowest BCUT2D eigenvalue weighted by atomic mass is 10.2. The summed E-state index contributed by atoms with van der Waals surface area (Å²) in [6, 6.07) is 2.38. The Balaban J connectivity index is 3.20. The van der Waals surface area contributed by atoms with Gasteiger partial charge in [-0.25, -0.2) is 0 Å². The minimum atomic E-state index is -4.61. The number of hydrogen-bond acceptors (Lipinski definition) is 2. The first-order valence-electron chi connectivity index (χ1n) is 3.40. The van der Waals surface area contributed by atoms with Gasteiger partial charge in [-0.1, -0.05) is 11.2 Å². The molecular formula is C7H4F3N3O. The Morgan fingerprint density at radius 3 is 2.43 bits per heavy atom. The molecule has 0 unspecified atom stereocenters. The first-order chi connectivity index (χ1) is 6.45. The monoisotopic (exact) mass is 203 g/mol. The van der Waals surface area contributed by atoms with Crippen LogP contribution in [-0.2, 0) is 6.18 Å². The maximum atomic E-state index is 12.1. The molecule has 0 bridgehead atoms. The number of hydrogen-bond donors (Lipinski definition) is 1. The largest absolute Gasteiger partial charge is 0.507 e. The smallest absolute Gasteiger partial charge is 0.419 e. The fraction of sp³-hybridized carbons (Fsp3) is 0.143. The van der Waals surface area contributed by atoms with Crippen molar-refractivity contribution in [3.63, 3.8) is 0 Å². The van der Waals surface area contributed by atoms with Gasteiger partial charge in [-0.05, 0) is 17.7 Å².